The number of nitrogens with one attached hydrogen (secondary N) is 1. The van der Waals surface area contributed by atoms with Crippen molar-refractivity contribution in [3.63, 3.8) is 0 Å². The van der Waals surface area contributed by atoms with Crippen LogP contribution in [0.15, 0.2) is 66.9 Å². The maximum absolute atomic E-state index is 11.3. The first-order valence-corrected chi connectivity index (χ1v) is 8.62. The maximum atomic E-state index is 11.3. The molecule has 6 nitrogen and oxygen atoms in total. The molecule has 2 aromatic heterocycles. The van der Waals surface area contributed by atoms with Crippen LogP contribution in [0.1, 0.15) is 6.92 Å². The van der Waals surface area contributed by atoms with Gasteiger partial charge >= 0.3 is 0 Å². The quantitative estimate of drug-likeness (QED) is 0.553. The largest absolute Gasteiger partial charge is 0.438 e. The topological polar surface area (TPSA) is 68.5 Å². The number of imidazole rings is 1. The summed E-state index contributed by atoms with van der Waals surface area (Å²) in [6.07, 6.45) is 1.73. The van der Waals surface area contributed by atoms with Gasteiger partial charge in [-0.05, 0) is 36.4 Å². The van der Waals surface area contributed by atoms with Crippen LogP contribution < -0.4 is 10.1 Å². The minimum Gasteiger partial charge on any atom is -0.438 e. The Bertz CT molecular complexity index is 1140. The molecule has 0 saturated carbocycles. The highest BCUT2D eigenvalue weighted by Crippen LogP contribution is 2.26. The van der Waals surface area contributed by atoms with Crippen molar-refractivity contribution in [1.82, 2.24) is 14.6 Å². The number of carbonyl (C=O) groups is 1. The summed E-state index contributed by atoms with van der Waals surface area (Å²) in [5, 5.41) is 7.90. The van der Waals surface area contributed by atoms with E-state index in [0.29, 0.717) is 28.0 Å². The van der Waals surface area contributed by atoms with Crippen LogP contribution in [0.3, 0.4) is 0 Å². The van der Waals surface area contributed by atoms with Crippen LogP contribution in [0.25, 0.3) is 16.9 Å². The standard InChI is InChI=1S/C20H15ClN4O2/c1-13(26)23-16-6-2-4-14(10-16)18-12-22-19-8-9-20(24-25(18)19)27-17-7-3-5-15(21)11-17/h2-12H,1H3,(H,23,26). The van der Waals surface area contributed by atoms with Crippen LogP contribution in [-0.2, 0) is 4.79 Å². The average molecular weight is 379 g/mol. The lowest BCUT2D eigenvalue weighted by molar-refractivity contribution is -0.114. The molecule has 0 spiro atoms. The number of aromatic nitrogens is 3. The zero-order valence-electron chi connectivity index (χ0n) is 14.4. The van der Waals surface area contributed by atoms with E-state index in [0.717, 1.165) is 11.3 Å². The van der Waals surface area contributed by atoms with Crippen molar-refractivity contribution < 1.29 is 9.53 Å². The predicted molar refractivity (Wildman–Crippen MR) is 104 cm³/mol. The molecule has 134 valence electrons. The normalized spacial score (nSPS) is 10.7. The van der Waals surface area contributed by atoms with E-state index in [1.165, 1.54) is 6.92 Å². The van der Waals surface area contributed by atoms with E-state index in [1.807, 2.05) is 42.5 Å². The third-order valence-electron chi connectivity index (χ3n) is 3.84. The van der Waals surface area contributed by atoms with E-state index in [4.69, 9.17) is 16.3 Å². The number of amides is 1. The van der Waals surface area contributed by atoms with Crippen LogP contribution >= 0.6 is 11.6 Å². The third kappa shape index (κ3) is 3.75. The second kappa shape index (κ2) is 7.09. The predicted octanol–water partition coefficient (Wildman–Crippen LogP) is 4.80. The Morgan fingerprint density at radius 1 is 1.11 bits per heavy atom. The summed E-state index contributed by atoms with van der Waals surface area (Å²) in [5.74, 6) is 0.895. The van der Waals surface area contributed by atoms with Crippen molar-refractivity contribution in [3.05, 3.63) is 71.9 Å². The Balaban J connectivity index is 1.71. The number of hydrogen-bond donors (Lipinski definition) is 1. The molecule has 0 radical (unpaired) electrons. The van der Waals surface area contributed by atoms with Gasteiger partial charge in [-0.2, -0.15) is 0 Å². The Morgan fingerprint density at radius 2 is 1.96 bits per heavy atom. The molecule has 0 aliphatic heterocycles. The monoisotopic (exact) mass is 378 g/mol. The average Bonchev–Trinajstić information content (AvgIpc) is 3.05. The summed E-state index contributed by atoms with van der Waals surface area (Å²) < 4.78 is 7.50. The van der Waals surface area contributed by atoms with E-state index in [9.17, 15) is 4.79 Å². The molecule has 7 heteroatoms. The lowest BCUT2D eigenvalue weighted by Crippen LogP contribution is -2.05. The molecule has 0 fully saturated rings. The van der Waals surface area contributed by atoms with Crippen molar-refractivity contribution in [2.45, 2.75) is 6.92 Å². The van der Waals surface area contributed by atoms with Gasteiger partial charge in [-0.15, -0.1) is 5.10 Å². The first kappa shape index (κ1) is 17.1. The Kier molecular flexibility index (Phi) is 4.48. The summed E-state index contributed by atoms with van der Waals surface area (Å²) in [7, 11) is 0. The van der Waals surface area contributed by atoms with Crippen molar-refractivity contribution in [1.29, 1.82) is 0 Å². The Labute approximate surface area is 160 Å². The number of hydrogen-bond acceptors (Lipinski definition) is 4. The molecule has 27 heavy (non-hydrogen) atoms. The molecule has 0 atom stereocenters. The minimum atomic E-state index is -0.124. The Morgan fingerprint density at radius 3 is 2.78 bits per heavy atom. The second-order valence-electron chi connectivity index (χ2n) is 5.91. The van der Waals surface area contributed by atoms with Gasteiger partial charge in [0.05, 0.1) is 11.9 Å². The van der Waals surface area contributed by atoms with Gasteiger partial charge in [0, 0.05) is 29.3 Å². The van der Waals surface area contributed by atoms with Gasteiger partial charge in [0.1, 0.15) is 5.75 Å². The number of halogens is 1. The van der Waals surface area contributed by atoms with Crippen molar-refractivity contribution in [3.8, 4) is 22.9 Å². The number of anilines is 1. The molecule has 4 aromatic rings. The van der Waals surface area contributed by atoms with Gasteiger partial charge in [-0.25, -0.2) is 9.50 Å². The lowest BCUT2D eigenvalue weighted by Gasteiger charge is -2.08. The number of nitrogens with zero attached hydrogens (tertiary/aromatic N) is 3. The fourth-order valence-electron chi connectivity index (χ4n) is 2.72. The molecule has 1 amide bonds. The van der Waals surface area contributed by atoms with Crippen molar-refractivity contribution in [2.75, 3.05) is 5.32 Å². The second-order valence-corrected chi connectivity index (χ2v) is 6.34. The molecule has 0 bridgehead atoms. The van der Waals surface area contributed by atoms with E-state index in [1.54, 1.807) is 28.9 Å². The van der Waals surface area contributed by atoms with Gasteiger partial charge in [0.25, 0.3) is 0 Å². The van der Waals surface area contributed by atoms with E-state index < -0.39 is 0 Å². The highest BCUT2D eigenvalue weighted by Gasteiger charge is 2.10. The molecule has 0 saturated heterocycles. The smallest absolute Gasteiger partial charge is 0.237 e. The van der Waals surface area contributed by atoms with Crippen molar-refractivity contribution >= 4 is 28.8 Å². The van der Waals surface area contributed by atoms with Gasteiger partial charge in [0.15, 0.2) is 5.65 Å². The zero-order chi connectivity index (χ0) is 18.8. The van der Waals surface area contributed by atoms with Crippen LogP contribution in [0.4, 0.5) is 5.69 Å². The summed E-state index contributed by atoms with van der Waals surface area (Å²) >= 11 is 6.00. The molecule has 0 aliphatic carbocycles. The van der Waals surface area contributed by atoms with Gasteiger partial charge in [-0.1, -0.05) is 29.8 Å². The highest BCUT2D eigenvalue weighted by molar-refractivity contribution is 6.30. The van der Waals surface area contributed by atoms with E-state index in [2.05, 4.69) is 15.4 Å². The number of fused-ring (bicyclic) bond motifs is 1. The summed E-state index contributed by atoms with van der Waals surface area (Å²) in [6, 6.07) is 18.2. The van der Waals surface area contributed by atoms with Crippen LogP contribution in [0.5, 0.6) is 11.6 Å². The molecule has 1 N–H and O–H groups in total. The first-order chi connectivity index (χ1) is 13.1. The minimum absolute atomic E-state index is 0.124. The van der Waals surface area contributed by atoms with E-state index in [-0.39, 0.29) is 5.91 Å². The van der Waals surface area contributed by atoms with Gasteiger partial charge < -0.3 is 10.1 Å². The number of carbonyl (C=O) groups excluding carboxylic acids is 1. The van der Waals surface area contributed by atoms with Crippen LogP contribution in [-0.4, -0.2) is 20.5 Å². The molecular weight excluding hydrogens is 364 g/mol. The highest BCUT2D eigenvalue weighted by atomic mass is 35.5. The van der Waals surface area contributed by atoms with Crippen molar-refractivity contribution in [2.24, 2.45) is 0 Å². The lowest BCUT2D eigenvalue weighted by atomic mass is 10.1. The Hall–Kier alpha value is -3.38. The van der Waals surface area contributed by atoms with Gasteiger partial charge in [0.2, 0.25) is 11.8 Å². The molecule has 0 aliphatic rings. The van der Waals surface area contributed by atoms with Gasteiger partial charge in [-0.3, -0.25) is 4.79 Å². The summed E-state index contributed by atoms with van der Waals surface area (Å²) in [6.45, 7) is 1.47. The van der Waals surface area contributed by atoms with Crippen LogP contribution in [0, 0.1) is 0 Å². The molecule has 4 rings (SSSR count). The fraction of sp³-hybridized carbons (Fsp3) is 0.0500. The summed E-state index contributed by atoms with van der Waals surface area (Å²) in [4.78, 5) is 15.7. The summed E-state index contributed by atoms with van der Waals surface area (Å²) in [5.41, 5.74) is 3.06. The zero-order valence-corrected chi connectivity index (χ0v) is 15.1. The fourth-order valence-corrected chi connectivity index (χ4v) is 2.90. The number of rotatable bonds is 4. The molecule has 2 heterocycles. The molecule has 2 aromatic carbocycles. The van der Waals surface area contributed by atoms with E-state index >= 15 is 0 Å². The maximum Gasteiger partial charge on any atom is 0.237 e. The molecular formula is C20H15ClN4O2. The molecule has 0 unspecified atom stereocenters. The number of benzene rings is 2. The third-order valence-corrected chi connectivity index (χ3v) is 4.07. The SMILES string of the molecule is CC(=O)Nc1cccc(-c2cnc3ccc(Oc4cccc(Cl)c4)nn23)c1. The first-order valence-electron chi connectivity index (χ1n) is 8.25. The van der Waals surface area contributed by atoms with Crippen LogP contribution in [0.2, 0.25) is 5.02 Å². The number of ether oxygens (including phenoxy) is 1.